The van der Waals surface area contributed by atoms with Gasteiger partial charge in [-0.2, -0.15) is 0 Å². The second-order valence-corrected chi connectivity index (χ2v) is 4.07. The SMILES string of the molecule is CC1=CC=C(C)C(C)(Cl)C1. The smallest absolute Gasteiger partial charge is 0.0664 e. The van der Waals surface area contributed by atoms with E-state index < -0.39 is 0 Å². The van der Waals surface area contributed by atoms with E-state index in [1.54, 1.807) is 0 Å². The maximum absolute atomic E-state index is 6.21. The van der Waals surface area contributed by atoms with Gasteiger partial charge in [0, 0.05) is 0 Å². The lowest BCUT2D eigenvalue weighted by atomic mass is 9.89. The standard InChI is InChI=1S/C9H13Cl/c1-7-4-5-8(2)9(3,10)6-7/h4-5H,6H2,1-3H3. The molecular formula is C9H13Cl. The highest BCUT2D eigenvalue weighted by atomic mass is 35.5. The maximum atomic E-state index is 6.21. The number of halogens is 1. The van der Waals surface area contributed by atoms with Crippen molar-refractivity contribution in [1.29, 1.82) is 0 Å². The molecule has 0 fully saturated rings. The molecule has 56 valence electrons. The number of hydrogen-bond acceptors (Lipinski definition) is 0. The number of hydrogen-bond donors (Lipinski definition) is 0. The van der Waals surface area contributed by atoms with E-state index >= 15 is 0 Å². The first-order valence-corrected chi connectivity index (χ1v) is 3.93. The molecule has 1 aliphatic carbocycles. The third-order valence-electron chi connectivity index (χ3n) is 2.05. The first kappa shape index (κ1) is 7.87. The zero-order valence-electron chi connectivity index (χ0n) is 6.74. The van der Waals surface area contributed by atoms with Crippen molar-refractivity contribution < 1.29 is 0 Å². The largest absolute Gasteiger partial charge is 0.114 e. The van der Waals surface area contributed by atoms with E-state index in [1.807, 2.05) is 0 Å². The molecule has 0 nitrogen and oxygen atoms in total. The molecule has 0 aliphatic heterocycles. The molecule has 10 heavy (non-hydrogen) atoms. The third-order valence-corrected chi connectivity index (χ3v) is 2.48. The molecule has 0 heterocycles. The summed E-state index contributed by atoms with van der Waals surface area (Å²) in [4.78, 5) is -0.126. The minimum absolute atomic E-state index is 0.126. The van der Waals surface area contributed by atoms with Gasteiger partial charge in [0.25, 0.3) is 0 Å². The van der Waals surface area contributed by atoms with Crippen molar-refractivity contribution in [2.75, 3.05) is 0 Å². The van der Waals surface area contributed by atoms with E-state index in [-0.39, 0.29) is 4.87 Å². The summed E-state index contributed by atoms with van der Waals surface area (Å²) in [7, 11) is 0. The Balaban J connectivity index is 2.89. The quantitative estimate of drug-likeness (QED) is 0.473. The van der Waals surface area contributed by atoms with Crippen LogP contribution in [-0.2, 0) is 0 Å². The van der Waals surface area contributed by atoms with Crippen LogP contribution >= 0.6 is 11.6 Å². The van der Waals surface area contributed by atoms with E-state index in [0.717, 1.165) is 6.42 Å². The van der Waals surface area contributed by atoms with Gasteiger partial charge in [-0.05, 0) is 27.2 Å². The lowest BCUT2D eigenvalue weighted by molar-refractivity contribution is 0.705. The number of alkyl halides is 1. The molecule has 1 unspecified atom stereocenters. The van der Waals surface area contributed by atoms with Gasteiger partial charge in [-0.3, -0.25) is 0 Å². The van der Waals surface area contributed by atoms with Crippen molar-refractivity contribution in [1.82, 2.24) is 0 Å². The Bertz CT molecular complexity index is 197. The lowest BCUT2D eigenvalue weighted by Gasteiger charge is -2.26. The van der Waals surface area contributed by atoms with E-state index in [0.29, 0.717) is 0 Å². The highest BCUT2D eigenvalue weighted by Crippen LogP contribution is 2.34. The van der Waals surface area contributed by atoms with Crippen LogP contribution in [0.15, 0.2) is 23.3 Å². The lowest BCUT2D eigenvalue weighted by Crippen LogP contribution is -2.20. The fourth-order valence-corrected chi connectivity index (χ4v) is 1.44. The van der Waals surface area contributed by atoms with Crippen molar-refractivity contribution in [3.05, 3.63) is 23.3 Å². The van der Waals surface area contributed by atoms with E-state index in [4.69, 9.17) is 11.6 Å². The molecule has 1 rings (SSSR count). The maximum Gasteiger partial charge on any atom is 0.0664 e. The van der Waals surface area contributed by atoms with Crippen molar-refractivity contribution in [2.24, 2.45) is 0 Å². The molecule has 0 saturated heterocycles. The summed E-state index contributed by atoms with van der Waals surface area (Å²) in [5, 5.41) is 0. The van der Waals surface area contributed by atoms with E-state index in [9.17, 15) is 0 Å². The fourth-order valence-electron chi connectivity index (χ4n) is 1.16. The predicted octanol–water partition coefficient (Wildman–Crippen LogP) is 3.28. The van der Waals surface area contributed by atoms with Gasteiger partial charge in [-0.15, -0.1) is 11.6 Å². The van der Waals surface area contributed by atoms with Crippen LogP contribution in [0.3, 0.4) is 0 Å². The van der Waals surface area contributed by atoms with Crippen molar-refractivity contribution in [3.63, 3.8) is 0 Å². The predicted molar refractivity (Wildman–Crippen MR) is 46.4 cm³/mol. The summed E-state index contributed by atoms with van der Waals surface area (Å²) in [6.45, 7) is 6.26. The molecule has 0 amide bonds. The Morgan fingerprint density at radius 1 is 1.40 bits per heavy atom. The Labute approximate surface area is 67.6 Å². The van der Waals surface area contributed by atoms with Crippen molar-refractivity contribution in [2.45, 2.75) is 32.1 Å². The molecule has 0 saturated carbocycles. The Morgan fingerprint density at radius 2 is 2.00 bits per heavy atom. The summed E-state index contributed by atoms with van der Waals surface area (Å²) < 4.78 is 0. The molecule has 1 aliphatic rings. The molecule has 0 aromatic carbocycles. The first-order chi connectivity index (χ1) is 4.52. The van der Waals surface area contributed by atoms with E-state index in [1.165, 1.54) is 11.1 Å². The molecular weight excluding hydrogens is 144 g/mol. The van der Waals surface area contributed by atoms with Gasteiger partial charge in [0.05, 0.1) is 4.87 Å². The minimum Gasteiger partial charge on any atom is -0.114 e. The Hall–Kier alpha value is -0.230. The topological polar surface area (TPSA) is 0 Å². The average molecular weight is 157 g/mol. The summed E-state index contributed by atoms with van der Waals surface area (Å²) >= 11 is 6.21. The van der Waals surface area contributed by atoms with Crippen LogP contribution in [0.4, 0.5) is 0 Å². The van der Waals surface area contributed by atoms with Crippen LogP contribution in [0, 0.1) is 0 Å². The van der Waals surface area contributed by atoms with Crippen molar-refractivity contribution >= 4 is 11.6 Å². The molecule has 0 N–H and O–H groups in total. The monoisotopic (exact) mass is 156 g/mol. The Morgan fingerprint density at radius 3 is 2.40 bits per heavy atom. The van der Waals surface area contributed by atoms with Crippen LogP contribution in [-0.4, -0.2) is 4.87 Å². The Kier molecular flexibility index (Phi) is 1.91. The zero-order valence-corrected chi connectivity index (χ0v) is 7.50. The second kappa shape index (κ2) is 2.43. The molecule has 1 atom stereocenters. The minimum atomic E-state index is -0.126. The van der Waals surface area contributed by atoms with E-state index in [2.05, 4.69) is 32.9 Å². The summed E-state index contributed by atoms with van der Waals surface area (Å²) in [6, 6.07) is 0. The van der Waals surface area contributed by atoms with Gasteiger partial charge >= 0.3 is 0 Å². The van der Waals surface area contributed by atoms with Gasteiger partial charge < -0.3 is 0 Å². The highest BCUT2D eigenvalue weighted by Gasteiger charge is 2.24. The van der Waals surface area contributed by atoms with Crippen LogP contribution in [0.1, 0.15) is 27.2 Å². The molecule has 0 aromatic rings. The van der Waals surface area contributed by atoms with Crippen LogP contribution in [0.5, 0.6) is 0 Å². The highest BCUT2D eigenvalue weighted by molar-refractivity contribution is 6.25. The first-order valence-electron chi connectivity index (χ1n) is 3.56. The van der Waals surface area contributed by atoms with Gasteiger partial charge in [0.2, 0.25) is 0 Å². The zero-order chi connectivity index (χ0) is 7.78. The van der Waals surface area contributed by atoms with Gasteiger partial charge in [-0.25, -0.2) is 0 Å². The molecule has 1 heteroatoms. The van der Waals surface area contributed by atoms with Gasteiger partial charge in [0.1, 0.15) is 0 Å². The van der Waals surface area contributed by atoms with Gasteiger partial charge in [-0.1, -0.05) is 23.3 Å². The molecule has 0 aromatic heterocycles. The fraction of sp³-hybridized carbons (Fsp3) is 0.556. The summed E-state index contributed by atoms with van der Waals surface area (Å²) in [5.41, 5.74) is 2.63. The normalized spacial score (nSPS) is 33.2. The van der Waals surface area contributed by atoms with Crippen LogP contribution in [0.25, 0.3) is 0 Å². The van der Waals surface area contributed by atoms with Gasteiger partial charge in [0.15, 0.2) is 0 Å². The summed E-state index contributed by atoms with van der Waals surface area (Å²) in [6.07, 6.45) is 5.22. The van der Waals surface area contributed by atoms with Crippen LogP contribution < -0.4 is 0 Å². The average Bonchev–Trinajstić information content (AvgIpc) is 1.78. The summed E-state index contributed by atoms with van der Waals surface area (Å²) in [5.74, 6) is 0. The number of allylic oxidation sites excluding steroid dienone is 4. The van der Waals surface area contributed by atoms with Crippen molar-refractivity contribution in [3.8, 4) is 0 Å². The molecule has 0 bridgehead atoms. The third kappa shape index (κ3) is 1.43. The molecule has 0 spiro atoms. The number of rotatable bonds is 0. The second-order valence-electron chi connectivity index (χ2n) is 3.24. The van der Waals surface area contributed by atoms with Crippen LogP contribution in [0.2, 0.25) is 0 Å². The molecule has 0 radical (unpaired) electrons.